The Morgan fingerprint density at radius 1 is 1.23 bits per heavy atom. The van der Waals surface area contributed by atoms with Crippen molar-refractivity contribution in [2.45, 2.75) is 18.9 Å². The van der Waals surface area contributed by atoms with E-state index in [1.165, 1.54) is 0 Å². The van der Waals surface area contributed by atoms with Gasteiger partial charge in [0, 0.05) is 29.2 Å². The van der Waals surface area contributed by atoms with Crippen molar-refractivity contribution < 1.29 is 9.59 Å². The first-order valence-corrected chi connectivity index (χ1v) is 8.95. The van der Waals surface area contributed by atoms with Crippen molar-refractivity contribution in [2.24, 2.45) is 0 Å². The lowest BCUT2D eigenvalue weighted by Crippen LogP contribution is -2.34. The zero-order chi connectivity index (χ0) is 18.7. The number of fused-ring (bicyclic) bond motifs is 1. The largest absolute Gasteiger partial charge is 0.350 e. The summed E-state index contributed by atoms with van der Waals surface area (Å²) in [6.45, 7) is 0.448. The predicted octanol–water partition coefficient (Wildman–Crippen LogP) is 3.26. The Morgan fingerprint density at radius 2 is 2.00 bits per heavy atom. The van der Waals surface area contributed by atoms with Crippen LogP contribution < -0.4 is 10.6 Å². The quantitative estimate of drug-likeness (QED) is 0.848. The van der Waals surface area contributed by atoms with Crippen molar-refractivity contribution >= 4 is 29.1 Å². The van der Waals surface area contributed by atoms with Crippen LogP contribution in [0.3, 0.4) is 0 Å². The van der Waals surface area contributed by atoms with Crippen molar-refractivity contribution in [3.05, 3.63) is 64.2 Å². The van der Waals surface area contributed by atoms with E-state index in [4.69, 9.17) is 11.6 Å². The zero-order valence-corrected chi connectivity index (χ0v) is 15.6. The number of amides is 2. The number of rotatable bonds is 5. The molecular formula is C20H22ClN3O2. The highest BCUT2D eigenvalue weighted by Crippen LogP contribution is 2.26. The second kappa shape index (κ2) is 7.89. The minimum Gasteiger partial charge on any atom is -0.350 e. The first-order valence-electron chi connectivity index (χ1n) is 8.57. The molecule has 5 nitrogen and oxygen atoms in total. The lowest BCUT2D eigenvalue weighted by molar-refractivity contribution is -0.116. The number of nitrogens with one attached hydrogen (secondary N) is 2. The van der Waals surface area contributed by atoms with Gasteiger partial charge in [0.1, 0.15) is 0 Å². The Balaban J connectivity index is 1.71. The van der Waals surface area contributed by atoms with Crippen molar-refractivity contribution in [1.82, 2.24) is 10.2 Å². The number of nitrogens with zero attached hydrogens (tertiary/aromatic N) is 1. The van der Waals surface area contributed by atoms with E-state index in [0.29, 0.717) is 30.0 Å². The summed E-state index contributed by atoms with van der Waals surface area (Å²) in [7, 11) is 3.92. The SMILES string of the molecule is CN(C)C(CNC(=O)c1ccc2c(c1)CCC(=O)N2)c1ccccc1Cl. The van der Waals surface area contributed by atoms with Crippen molar-refractivity contribution in [3.63, 3.8) is 0 Å². The number of anilines is 1. The van der Waals surface area contributed by atoms with Gasteiger partial charge in [0.15, 0.2) is 0 Å². The van der Waals surface area contributed by atoms with E-state index in [-0.39, 0.29) is 17.9 Å². The van der Waals surface area contributed by atoms with Gasteiger partial charge in [-0.3, -0.25) is 9.59 Å². The van der Waals surface area contributed by atoms with E-state index < -0.39 is 0 Å². The average molecular weight is 372 g/mol. The molecule has 1 aliphatic rings. The maximum absolute atomic E-state index is 12.6. The molecule has 0 bridgehead atoms. The summed E-state index contributed by atoms with van der Waals surface area (Å²) in [6.07, 6.45) is 1.11. The molecule has 0 spiro atoms. The highest BCUT2D eigenvalue weighted by Gasteiger charge is 2.20. The van der Waals surface area contributed by atoms with E-state index in [2.05, 4.69) is 10.6 Å². The summed E-state index contributed by atoms with van der Waals surface area (Å²) < 4.78 is 0. The molecule has 0 saturated heterocycles. The lowest BCUT2D eigenvalue weighted by Gasteiger charge is -2.26. The first-order chi connectivity index (χ1) is 12.5. The molecule has 6 heteroatoms. The smallest absolute Gasteiger partial charge is 0.251 e. The molecular weight excluding hydrogens is 350 g/mol. The standard InChI is InChI=1S/C20H22ClN3O2/c1-24(2)18(15-5-3-4-6-16(15)21)12-22-20(26)14-7-9-17-13(11-14)8-10-19(25)23-17/h3-7,9,11,18H,8,10,12H2,1-2H3,(H,22,26)(H,23,25). The first kappa shape index (κ1) is 18.4. The Labute approximate surface area is 158 Å². The van der Waals surface area contributed by atoms with Gasteiger partial charge in [0.05, 0.1) is 6.04 Å². The van der Waals surface area contributed by atoms with Gasteiger partial charge in [0.2, 0.25) is 5.91 Å². The number of aryl methyl sites for hydroxylation is 1. The lowest BCUT2D eigenvalue weighted by atomic mass is 10.00. The van der Waals surface area contributed by atoms with Gasteiger partial charge in [-0.25, -0.2) is 0 Å². The van der Waals surface area contributed by atoms with Crippen LogP contribution in [0.2, 0.25) is 5.02 Å². The minimum atomic E-state index is -0.136. The Hall–Kier alpha value is -2.37. The highest BCUT2D eigenvalue weighted by atomic mass is 35.5. The van der Waals surface area contributed by atoms with Crippen molar-refractivity contribution in [1.29, 1.82) is 0 Å². The molecule has 0 fully saturated rings. The summed E-state index contributed by atoms with van der Waals surface area (Å²) >= 11 is 6.31. The fourth-order valence-corrected chi connectivity index (χ4v) is 3.39. The maximum Gasteiger partial charge on any atom is 0.251 e. The van der Waals surface area contributed by atoms with E-state index in [1.807, 2.05) is 49.3 Å². The van der Waals surface area contributed by atoms with Crippen LogP contribution in [-0.4, -0.2) is 37.4 Å². The number of hydrogen-bond donors (Lipinski definition) is 2. The van der Waals surface area contributed by atoms with Crippen LogP contribution in [0.25, 0.3) is 0 Å². The predicted molar refractivity (Wildman–Crippen MR) is 104 cm³/mol. The molecule has 26 heavy (non-hydrogen) atoms. The van der Waals surface area contributed by atoms with Gasteiger partial charge in [-0.2, -0.15) is 0 Å². The molecule has 3 rings (SSSR count). The Bertz CT molecular complexity index is 836. The Morgan fingerprint density at radius 3 is 2.73 bits per heavy atom. The topological polar surface area (TPSA) is 61.4 Å². The van der Waals surface area contributed by atoms with E-state index in [9.17, 15) is 9.59 Å². The number of carbonyl (C=O) groups excluding carboxylic acids is 2. The molecule has 136 valence electrons. The van der Waals surface area contributed by atoms with E-state index in [0.717, 1.165) is 16.8 Å². The molecule has 2 aromatic carbocycles. The normalized spacial score (nSPS) is 14.5. The second-order valence-electron chi connectivity index (χ2n) is 6.63. The molecule has 1 aliphatic heterocycles. The molecule has 0 saturated carbocycles. The Kier molecular flexibility index (Phi) is 5.59. The van der Waals surface area contributed by atoms with Crippen LogP contribution in [0.15, 0.2) is 42.5 Å². The summed E-state index contributed by atoms with van der Waals surface area (Å²) in [5.74, 6) is -0.119. The summed E-state index contributed by atoms with van der Waals surface area (Å²) in [5, 5.41) is 6.51. The van der Waals surface area contributed by atoms with Gasteiger partial charge < -0.3 is 15.5 Å². The number of halogens is 1. The summed E-state index contributed by atoms with van der Waals surface area (Å²) in [6, 6.07) is 13.0. The van der Waals surface area contributed by atoms with Crippen molar-refractivity contribution in [3.8, 4) is 0 Å². The molecule has 1 heterocycles. The molecule has 0 aliphatic carbocycles. The van der Waals surface area contributed by atoms with Gasteiger partial charge >= 0.3 is 0 Å². The molecule has 2 aromatic rings. The second-order valence-corrected chi connectivity index (χ2v) is 7.04. The molecule has 2 N–H and O–H groups in total. The average Bonchev–Trinajstić information content (AvgIpc) is 2.62. The zero-order valence-electron chi connectivity index (χ0n) is 14.9. The van der Waals surface area contributed by atoms with Crippen molar-refractivity contribution in [2.75, 3.05) is 26.0 Å². The maximum atomic E-state index is 12.6. The van der Waals surface area contributed by atoms with Crippen LogP contribution in [0, 0.1) is 0 Å². The third-order valence-electron chi connectivity index (χ3n) is 4.61. The van der Waals surface area contributed by atoms with Crippen LogP contribution in [0.5, 0.6) is 0 Å². The highest BCUT2D eigenvalue weighted by molar-refractivity contribution is 6.31. The third-order valence-corrected chi connectivity index (χ3v) is 4.95. The van der Waals surface area contributed by atoms with Crippen LogP contribution in [0.1, 0.15) is 33.9 Å². The molecule has 1 unspecified atom stereocenters. The molecule has 1 atom stereocenters. The van der Waals surface area contributed by atoms with Crippen LogP contribution >= 0.6 is 11.6 Å². The monoisotopic (exact) mass is 371 g/mol. The number of hydrogen-bond acceptors (Lipinski definition) is 3. The minimum absolute atomic E-state index is 0.0169. The van der Waals surface area contributed by atoms with Gasteiger partial charge in [0.25, 0.3) is 5.91 Å². The molecule has 0 aromatic heterocycles. The van der Waals surface area contributed by atoms with E-state index >= 15 is 0 Å². The molecule has 0 radical (unpaired) electrons. The number of benzene rings is 2. The fraction of sp³-hybridized carbons (Fsp3) is 0.300. The van der Waals surface area contributed by atoms with Gasteiger partial charge in [-0.15, -0.1) is 0 Å². The van der Waals surface area contributed by atoms with Gasteiger partial charge in [-0.1, -0.05) is 29.8 Å². The summed E-state index contributed by atoms with van der Waals surface area (Å²) in [4.78, 5) is 26.1. The summed E-state index contributed by atoms with van der Waals surface area (Å²) in [5.41, 5.74) is 3.36. The number of likely N-dealkylation sites (N-methyl/N-ethyl adjacent to an activating group) is 1. The van der Waals surface area contributed by atoms with Crippen LogP contribution in [-0.2, 0) is 11.2 Å². The van der Waals surface area contributed by atoms with Crippen LogP contribution in [0.4, 0.5) is 5.69 Å². The number of carbonyl (C=O) groups is 2. The molecule has 2 amide bonds. The van der Waals surface area contributed by atoms with Gasteiger partial charge in [-0.05, 0) is 55.9 Å². The van der Waals surface area contributed by atoms with E-state index in [1.54, 1.807) is 12.1 Å². The fourth-order valence-electron chi connectivity index (χ4n) is 3.13. The third kappa shape index (κ3) is 4.06.